The van der Waals surface area contributed by atoms with Gasteiger partial charge in [-0.2, -0.15) is 4.31 Å². The zero-order chi connectivity index (χ0) is 11.1. The fourth-order valence-electron chi connectivity index (χ4n) is 1.61. The number of hydrogen-bond acceptors (Lipinski definition) is 3. The molecule has 0 aromatic carbocycles. The van der Waals surface area contributed by atoms with Gasteiger partial charge < -0.3 is 9.67 Å². The van der Waals surface area contributed by atoms with Crippen LogP contribution in [-0.2, 0) is 17.1 Å². The zero-order valence-electron chi connectivity index (χ0n) is 8.50. The van der Waals surface area contributed by atoms with Crippen LogP contribution in [0.3, 0.4) is 0 Å². The van der Waals surface area contributed by atoms with Crippen molar-refractivity contribution in [1.29, 1.82) is 0 Å². The van der Waals surface area contributed by atoms with Crippen LogP contribution in [0.5, 0.6) is 0 Å². The Labute approximate surface area is 89.0 Å². The lowest BCUT2D eigenvalue weighted by Gasteiger charge is -2.36. The normalized spacial score (nSPS) is 19.1. The van der Waals surface area contributed by atoms with Crippen LogP contribution in [0.15, 0.2) is 23.4 Å². The van der Waals surface area contributed by atoms with Crippen molar-refractivity contribution in [1.82, 2.24) is 8.87 Å². The maximum Gasteiger partial charge on any atom is 0.244 e. The number of rotatable bonds is 3. The van der Waals surface area contributed by atoms with Crippen LogP contribution in [-0.4, -0.2) is 42.1 Å². The van der Waals surface area contributed by atoms with Crippen LogP contribution in [0.4, 0.5) is 0 Å². The van der Waals surface area contributed by atoms with E-state index < -0.39 is 10.0 Å². The lowest BCUT2D eigenvalue weighted by Crippen LogP contribution is -2.51. The van der Waals surface area contributed by atoms with E-state index in [1.807, 2.05) is 0 Å². The number of nitrogens with zero attached hydrogens (tertiary/aromatic N) is 2. The predicted molar refractivity (Wildman–Crippen MR) is 54.7 cm³/mol. The van der Waals surface area contributed by atoms with Gasteiger partial charge in [-0.25, -0.2) is 8.42 Å². The highest BCUT2D eigenvalue weighted by Gasteiger charge is 2.36. The van der Waals surface area contributed by atoms with E-state index in [1.165, 1.54) is 4.31 Å². The molecule has 1 N–H and O–H groups in total. The van der Waals surface area contributed by atoms with Gasteiger partial charge in [-0.05, 0) is 6.07 Å². The Hall–Kier alpha value is -0.850. The number of aliphatic hydroxyl groups excluding tert-OH is 1. The molecule has 1 aromatic rings. The van der Waals surface area contributed by atoms with Gasteiger partial charge in [0.1, 0.15) is 0 Å². The largest absolute Gasteiger partial charge is 0.396 e. The molecule has 84 valence electrons. The summed E-state index contributed by atoms with van der Waals surface area (Å²) < 4.78 is 26.9. The molecule has 1 fully saturated rings. The molecule has 5 nitrogen and oxygen atoms in total. The number of sulfonamides is 1. The second-order valence-corrected chi connectivity index (χ2v) is 5.82. The number of aryl methyl sites for hydroxylation is 1. The van der Waals surface area contributed by atoms with E-state index in [2.05, 4.69) is 0 Å². The first-order valence-corrected chi connectivity index (χ1v) is 6.21. The van der Waals surface area contributed by atoms with Crippen LogP contribution in [0.2, 0.25) is 0 Å². The standard InChI is InChI=1S/C9H14N2O3S/c1-10-3-2-9(6-10)15(13,14)11-4-8(5-11)7-12/h2-3,6,8,12H,4-5,7H2,1H3. The van der Waals surface area contributed by atoms with Crippen molar-refractivity contribution in [3.05, 3.63) is 18.5 Å². The number of aromatic nitrogens is 1. The van der Waals surface area contributed by atoms with Gasteiger partial charge in [0.15, 0.2) is 0 Å². The fourth-order valence-corrected chi connectivity index (χ4v) is 3.26. The average Bonchev–Trinajstić information content (AvgIpc) is 2.50. The topological polar surface area (TPSA) is 62.5 Å². The highest BCUT2D eigenvalue weighted by Crippen LogP contribution is 2.24. The van der Waals surface area contributed by atoms with Gasteiger partial charge in [0, 0.05) is 45.1 Å². The first-order chi connectivity index (χ1) is 7.04. The highest BCUT2D eigenvalue weighted by atomic mass is 32.2. The van der Waals surface area contributed by atoms with E-state index in [0.29, 0.717) is 18.0 Å². The van der Waals surface area contributed by atoms with Crippen LogP contribution in [0, 0.1) is 5.92 Å². The van der Waals surface area contributed by atoms with Crippen molar-refractivity contribution in [3.8, 4) is 0 Å². The molecule has 0 atom stereocenters. The number of aliphatic hydroxyl groups is 1. The summed E-state index contributed by atoms with van der Waals surface area (Å²) in [4.78, 5) is 0.321. The minimum atomic E-state index is -3.32. The second kappa shape index (κ2) is 3.62. The Morgan fingerprint density at radius 3 is 2.67 bits per heavy atom. The van der Waals surface area contributed by atoms with Crippen molar-refractivity contribution >= 4 is 10.0 Å². The van der Waals surface area contributed by atoms with Crippen LogP contribution in [0.1, 0.15) is 0 Å². The third-order valence-electron chi connectivity index (χ3n) is 2.62. The molecular formula is C9H14N2O3S. The summed E-state index contributed by atoms with van der Waals surface area (Å²) in [6.07, 6.45) is 3.29. The van der Waals surface area contributed by atoms with Gasteiger partial charge in [0.25, 0.3) is 0 Å². The molecule has 0 amide bonds. The highest BCUT2D eigenvalue weighted by molar-refractivity contribution is 7.89. The molecular weight excluding hydrogens is 216 g/mol. The van der Waals surface area contributed by atoms with Crippen molar-refractivity contribution in [2.24, 2.45) is 13.0 Å². The summed E-state index contributed by atoms with van der Waals surface area (Å²) in [6.45, 7) is 0.905. The van der Waals surface area contributed by atoms with Crippen molar-refractivity contribution in [3.63, 3.8) is 0 Å². The van der Waals surface area contributed by atoms with Crippen molar-refractivity contribution in [2.75, 3.05) is 19.7 Å². The van der Waals surface area contributed by atoms with E-state index in [1.54, 1.807) is 30.1 Å². The van der Waals surface area contributed by atoms with Crippen molar-refractivity contribution < 1.29 is 13.5 Å². The maximum absolute atomic E-state index is 11.9. The minimum absolute atomic E-state index is 0.0564. The first kappa shape index (κ1) is 10.7. The van der Waals surface area contributed by atoms with Crippen LogP contribution in [0.25, 0.3) is 0 Å². The lowest BCUT2D eigenvalue weighted by molar-refractivity contribution is 0.117. The molecule has 15 heavy (non-hydrogen) atoms. The van der Waals surface area contributed by atoms with E-state index in [-0.39, 0.29) is 12.5 Å². The molecule has 0 spiro atoms. The Morgan fingerprint density at radius 2 is 2.20 bits per heavy atom. The Balaban J connectivity index is 2.15. The molecule has 0 aliphatic carbocycles. The van der Waals surface area contributed by atoms with Gasteiger partial charge >= 0.3 is 0 Å². The summed E-state index contributed by atoms with van der Waals surface area (Å²) >= 11 is 0. The zero-order valence-corrected chi connectivity index (χ0v) is 9.31. The van der Waals surface area contributed by atoms with Gasteiger partial charge in [-0.3, -0.25) is 0 Å². The van der Waals surface area contributed by atoms with E-state index >= 15 is 0 Å². The molecule has 2 rings (SSSR count). The number of hydrogen-bond donors (Lipinski definition) is 1. The molecule has 6 heteroatoms. The monoisotopic (exact) mass is 230 g/mol. The minimum Gasteiger partial charge on any atom is -0.396 e. The Bertz CT molecular complexity index is 446. The summed E-state index contributed by atoms with van der Waals surface area (Å²) in [7, 11) is -1.54. The van der Waals surface area contributed by atoms with Crippen LogP contribution >= 0.6 is 0 Å². The predicted octanol–water partition coefficient (Wildman–Crippen LogP) is -0.362. The van der Waals surface area contributed by atoms with Gasteiger partial charge in [-0.1, -0.05) is 0 Å². The summed E-state index contributed by atoms with van der Waals surface area (Å²) in [5.41, 5.74) is 0. The second-order valence-electron chi connectivity index (χ2n) is 3.88. The van der Waals surface area contributed by atoms with Gasteiger partial charge in [-0.15, -0.1) is 0 Å². The van der Waals surface area contributed by atoms with Gasteiger partial charge in [0.2, 0.25) is 10.0 Å². The van der Waals surface area contributed by atoms with E-state index in [9.17, 15) is 8.42 Å². The Kier molecular flexibility index (Phi) is 2.57. The SMILES string of the molecule is Cn1ccc(S(=O)(=O)N2CC(CO)C2)c1. The fraction of sp³-hybridized carbons (Fsp3) is 0.556. The molecule has 2 heterocycles. The average molecular weight is 230 g/mol. The molecule has 1 aliphatic rings. The molecule has 0 radical (unpaired) electrons. The lowest BCUT2D eigenvalue weighted by atomic mass is 10.1. The quantitative estimate of drug-likeness (QED) is 0.771. The molecule has 0 unspecified atom stereocenters. The van der Waals surface area contributed by atoms with Crippen LogP contribution < -0.4 is 0 Å². The third-order valence-corrected chi connectivity index (χ3v) is 4.44. The molecule has 0 saturated carbocycles. The summed E-state index contributed by atoms with van der Waals surface area (Å²) in [6, 6.07) is 1.58. The molecule has 1 aliphatic heterocycles. The molecule has 1 saturated heterocycles. The van der Waals surface area contributed by atoms with Gasteiger partial charge in [0.05, 0.1) is 4.90 Å². The summed E-state index contributed by atoms with van der Waals surface area (Å²) in [5.74, 6) is 0.100. The van der Waals surface area contributed by atoms with E-state index in [0.717, 1.165) is 0 Å². The van der Waals surface area contributed by atoms with E-state index in [4.69, 9.17) is 5.11 Å². The Morgan fingerprint density at radius 1 is 1.53 bits per heavy atom. The maximum atomic E-state index is 11.9. The third kappa shape index (κ3) is 1.80. The smallest absolute Gasteiger partial charge is 0.244 e. The van der Waals surface area contributed by atoms with Crippen molar-refractivity contribution in [2.45, 2.75) is 4.90 Å². The first-order valence-electron chi connectivity index (χ1n) is 4.77. The molecule has 0 bridgehead atoms. The summed E-state index contributed by atoms with van der Waals surface area (Å²) in [5, 5.41) is 8.82. The molecule has 1 aromatic heterocycles.